The molecule has 0 unspecified atom stereocenters. The molecule has 1 aliphatic heterocycles. The lowest BCUT2D eigenvalue weighted by atomic mass is 9.94. The van der Waals surface area contributed by atoms with Crippen LogP contribution >= 0.6 is 0 Å². The molecule has 7 nitrogen and oxygen atoms in total. The Balaban J connectivity index is 0.000000240. The van der Waals surface area contributed by atoms with E-state index in [0.29, 0.717) is 12.2 Å². The SMILES string of the molecule is O=C(O)/C=C/C(=O)O.O=C1C=CC(=O)N1C1CCCCC1. The molecule has 7 heteroatoms. The molecule has 2 rings (SSSR count). The molecular weight excluding hydrogens is 278 g/mol. The molecule has 0 saturated heterocycles. The van der Waals surface area contributed by atoms with Gasteiger partial charge in [-0.2, -0.15) is 0 Å². The van der Waals surface area contributed by atoms with Gasteiger partial charge in [-0.3, -0.25) is 14.5 Å². The highest BCUT2D eigenvalue weighted by molar-refractivity contribution is 6.13. The average molecular weight is 295 g/mol. The second-order valence-corrected chi connectivity index (χ2v) is 4.68. The van der Waals surface area contributed by atoms with E-state index >= 15 is 0 Å². The normalized spacial score (nSPS) is 18.8. The van der Waals surface area contributed by atoms with Gasteiger partial charge in [-0.05, 0) is 12.8 Å². The zero-order valence-corrected chi connectivity index (χ0v) is 11.4. The van der Waals surface area contributed by atoms with Gasteiger partial charge in [0, 0.05) is 30.3 Å². The van der Waals surface area contributed by atoms with Crippen molar-refractivity contribution < 1.29 is 29.4 Å². The van der Waals surface area contributed by atoms with Crippen molar-refractivity contribution in [2.75, 3.05) is 0 Å². The van der Waals surface area contributed by atoms with Gasteiger partial charge in [-0.1, -0.05) is 19.3 Å². The molecule has 0 radical (unpaired) electrons. The van der Waals surface area contributed by atoms with Crippen molar-refractivity contribution >= 4 is 23.8 Å². The Bertz CT molecular complexity index is 454. The second-order valence-electron chi connectivity index (χ2n) is 4.68. The first kappa shape index (κ1) is 16.6. The molecule has 0 atom stereocenters. The number of aliphatic carboxylic acids is 2. The second kappa shape index (κ2) is 7.98. The van der Waals surface area contributed by atoms with Crippen LogP contribution in [-0.4, -0.2) is 44.9 Å². The number of carboxylic acids is 2. The maximum atomic E-state index is 11.3. The molecule has 0 aromatic rings. The third-order valence-corrected chi connectivity index (χ3v) is 3.15. The lowest BCUT2D eigenvalue weighted by Gasteiger charge is -2.29. The number of hydrogen-bond acceptors (Lipinski definition) is 4. The molecule has 0 bridgehead atoms. The lowest BCUT2D eigenvalue weighted by Crippen LogP contribution is -2.41. The molecule has 21 heavy (non-hydrogen) atoms. The summed E-state index contributed by atoms with van der Waals surface area (Å²) in [6.07, 6.45) is 9.35. The fourth-order valence-corrected chi connectivity index (χ4v) is 2.25. The number of carboxylic acid groups (broad SMARTS) is 2. The van der Waals surface area contributed by atoms with Crippen LogP contribution in [0.4, 0.5) is 0 Å². The highest BCUT2D eigenvalue weighted by Gasteiger charge is 2.31. The van der Waals surface area contributed by atoms with E-state index in [4.69, 9.17) is 10.2 Å². The molecule has 0 spiro atoms. The number of nitrogens with zero attached hydrogens (tertiary/aromatic N) is 1. The fourth-order valence-electron chi connectivity index (χ4n) is 2.25. The van der Waals surface area contributed by atoms with Crippen molar-refractivity contribution in [1.29, 1.82) is 0 Å². The Morgan fingerprint density at radius 2 is 1.38 bits per heavy atom. The van der Waals surface area contributed by atoms with Crippen LogP contribution in [0.1, 0.15) is 32.1 Å². The van der Waals surface area contributed by atoms with E-state index in [0.717, 1.165) is 25.7 Å². The summed E-state index contributed by atoms with van der Waals surface area (Å²) in [7, 11) is 0. The predicted molar refractivity (Wildman–Crippen MR) is 72.3 cm³/mol. The van der Waals surface area contributed by atoms with Crippen molar-refractivity contribution in [2.24, 2.45) is 0 Å². The number of amides is 2. The van der Waals surface area contributed by atoms with Crippen LogP contribution in [0.25, 0.3) is 0 Å². The van der Waals surface area contributed by atoms with Crippen LogP contribution in [0.5, 0.6) is 0 Å². The van der Waals surface area contributed by atoms with E-state index in [9.17, 15) is 19.2 Å². The largest absolute Gasteiger partial charge is 0.478 e. The Labute approximate surface area is 121 Å². The number of carbonyl (C=O) groups is 4. The highest BCUT2D eigenvalue weighted by atomic mass is 16.4. The van der Waals surface area contributed by atoms with E-state index < -0.39 is 11.9 Å². The minimum atomic E-state index is -1.26. The van der Waals surface area contributed by atoms with Crippen molar-refractivity contribution in [2.45, 2.75) is 38.1 Å². The van der Waals surface area contributed by atoms with Gasteiger partial charge in [0.1, 0.15) is 0 Å². The van der Waals surface area contributed by atoms with Crippen LogP contribution < -0.4 is 0 Å². The summed E-state index contributed by atoms with van der Waals surface area (Å²) in [6, 6.07) is 0.170. The molecule has 114 valence electrons. The molecule has 0 aromatic heterocycles. The number of rotatable bonds is 3. The molecule has 1 fully saturated rings. The standard InChI is InChI=1S/C10H13NO2.C4H4O4/c12-9-6-7-10(13)11(9)8-4-2-1-3-5-8;5-3(6)1-2-4(7)8/h6-8H,1-5H2;1-2H,(H,5,6)(H,7,8)/b;2-1+. The molecule has 0 aromatic carbocycles. The third-order valence-electron chi connectivity index (χ3n) is 3.15. The van der Waals surface area contributed by atoms with E-state index in [1.165, 1.54) is 23.5 Å². The zero-order valence-electron chi connectivity index (χ0n) is 11.4. The van der Waals surface area contributed by atoms with E-state index in [-0.39, 0.29) is 17.9 Å². The first-order valence-corrected chi connectivity index (χ1v) is 6.61. The van der Waals surface area contributed by atoms with E-state index in [1.54, 1.807) is 0 Å². The Morgan fingerprint density at radius 1 is 0.952 bits per heavy atom. The first-order chi connectivity index (χ1) is 9.91. The Morgan fingerprint density at radius 3 is 1.76 bits per heavy atom. The van der Waals surface area contributed by atoms with Crippen molar-refractivity contribution in [3.8, 4) is 0 Å². The van der Waals surface area contributed by atoms with Gasteiger partial charge in [0.25, 0.3) is 11.8 Å². The number of imide groups is 1. The van der Waals surface area contributed by atoms with Crippen LogP contribution in [-0.2, 0) is 19.2 Å². The minimum absolute atomic E-state index is 0.128. The quantitative estimate of drug-likeness (QED) is 0.592. The smallest absolute Gasteiger partial charge is 0.328 e. The summed E-state index contributed by atoms with van der Waals surface area (Å²) >= 11 is 0. The molecular formula is C14H17NO6. The monoisotopic (exact) mass is 295 g/mol. The molecule has 2 aliphatic rings. The zero-order chi connectivity index (χ0) is 15.8. The molecule has 1 aliphatic carbocycles. The van der Waals surface area contributed by atoms with Crippen LogP contribution in [0, 0.1) is 0 Å². The van der Waals surface area contributed by atoms with Crippen LogP contribution in [0.2, 0.25) is 0 Å². The van der Waals surface area contributed by atoms with Gasteiger partial charge in [-0.15, -0.1) is 0 Å². The van der Waals surface area contributed by atoms with Crippen molar-refractivity contribution in [1.82, 2.24) is 4.90 Å². The van der Waals surface area contributed by atoms with Crippen molar-refractivity contribution in [3.05, 3.63) is 24.3 Å². The van der Waals surface area contributed by atoms with Gasteiger partial charge in [-0.25, -0.2) is 9.59 Å². The summed E-state index contributed by atoms with van der Waals surface area (Å²) in [5, 5.41) is 15.6. The van der Waals surface area contributed by atoms with Gasteiger partial charge >= 0.3 is 11.9 Å². The average Bonchev–Trinajstić information content (AvgIpc) is 2.77. The number of carbonyl (C=O) groups excluding carboxylic acids is 2. The minimum Gasteiger partial charge on any atom is -0.478 e. The fraction of sp³-hybridized carbons (Fsp3) is 0.429. The van der Waals surface area contributed by atoms with Gasteiger partial charge in [0.05, 0.1) is 0 Å². The summed E-state index contributed by atoms with van der Waals surface area (Å²) in [6.45, 7) is 0. The summed E-state index contributed by atoms with van der Waals surface area (Å²) in [4.78, 5) is 43.1. The highest BCUT2D eigenvalue weighted by Crippen LogP contribution is 2.24. The maximum Gasteiger partial charge on any atom is 0.328 e. The predicted octanol–water partition coefficient (Wildman–Crippen LogP) is 0.956. The van der Waals surface area contributed by atoms with E-state index in [1.807, 2.05) is 0 Å². The molecule has 1 saturated carbocycles. The van der Waals surface area contributed by atoms with Gasteiger partial charge in [0.15, 0.2) is 0 Å². The maximum absolute atomic E-state index is 11.3. The third kappa shape index (κ3) is 5.60. The molecule has 2 amide bonds. The Hall–Kier alpha value is -2.44. The Kier molecular flexibility index (Phi) is 6.32. The van der Waals surface area contributed by atoms with Crippen LogP contribution in [0.15, 0.2) is 24.3 Å². The van der Waals surface area contributed by atoms with Gasteiger partial charge in [0.2, 0.25) is 0 Å². The summed E-state index contributed by atoms with van der Waals surface area (Å²) < 4.78 is 0. The topological polar surface area (TPSA) is 112 Å². The number of hydrogen-bond donors (Lipinski definition) is 2. The summed E-state index contributed by atoms with van der Waals surface area (Å²) in [5.74, 6) is -2.77. The lowest BCUT2D eigenvalue weighted by molar-refractivity contribution is -0.140. The van der Waals surface area contributed by atoms with Crippen LogP contribution in [0.3, 0.4) is 0 Å². The summed E-state index contributed by atoms with van der Waals surface area (Å²) in [5.41, 5.74) is 0. The van der Waals surface area contributed by atoms with E-state index in [2.05, 4.69) is 0 Å². The molecule has 2 N–H and O–H groups in total. The molecule has 1 heterocycles. The van der Waals surface area contributed by atoms with Crippen molar-refractivity contribution in [3.63, 3.8) is 0 Å². The van der Waals surface area contributed by atoms with Gasteiger partial charge < -0.3 is 10.2 Å². The first-order valence-electron chi connectivity index (χ1n) is 6.61.